The fourth-order valence-corrected chi connectivity index (χ4v) is 1.65. The van der Waals surface area contributed by atoms with E-state index in [2.05, 4.69) is 41.5 Å². The molecule has 0 aliphatic carbocycles. The lowest BCUT2D eigenvalue weighted by Gasteiger charge is -2.10. The first-order valence-electron chi connectivity index (χ1n) is 5.32. The smallest absolute Gasteiger partial charge is 0.0845 e. The van der Waals surface area contributed by atoms with Crippen molar-refractivity contribution in [1.82, 2.24) is 15.0 Å². The summed E-state index contributed by atoms with van der Waals surface area (Å²) in [5, 5.41) is 7.92. The molecule has 84 valence electrons. The highest BCUT2D eigenvalue weighted by molar-refractivity contribution is 5.24. The molecule has 2 aromatic rings. The minimum Gasteiger partial charge on any atom is -0.324 e. The third-order valence-corrected chi connectivity index (χ3v) is 2.58. The molecule has 1 unspecified atom stereocenters. The van der Waals surface area contributed by atoms with E-state index in [-0.39, 0.29) is 6.04 Å². The average molecular weight is 216 g/mol. The maximum absolute atomic E-state index is 6.11. The molecule has 0 fully saturated rings. The van der Waals surface area contributed by atoms with E-state index in [0.717, 1.165) is 17.7 Å². The Kier molecular flexibility index (Phi) is 3.01. The summed E-state index contributed by atoms with van der Waals surface area (Å²) in [6, 6.07) is 8.27. The van der Waals surface area contributed by atoms with Crippen molar-refractivity contribution in [3.63, 3.8) is 0 Å². The molecule has 0 aliphatic heterocycles. The van der Waals surface area contributed by atoms with Crippen LogP contribution in [0.2, 0.25) is 0 Å². The van der Waals surface area contributed by atoms with Crippen molar-refractivity contribution in [3.8, 4) is 0 Å². The van der Waals surface area contributed by atoms with Crippen LogP contribution >= 0.6 is 0 Å². The molecule has 1 atom stereocenters. The number of nitrogens with zero attached hydrogens (tertiary/aromatic N) is 3. The van der Waals surface area contributed by atoms with Gasteiger partial charge in [-0.05, 0) is 12.5 Å². The quantitative estimate of drug-likeness (QED) is 0.843. The van der Waals surface area contributed by atoms with E-state index in [9.17, 15) is 0 Å². The lowest BCUT2D eigenvalue weighted by atomic mass is 10.0. The van der Waals surface area contributed by atoms with Crippen LogP contribution in [0.5, 0.6) is 0 Å². The van der Waals surface area contributed by atoms with E-state index in [1.165, 1.54) is 5.56 Å². The molecule has 4 nitrogen and oxygen atoms in total. The molecule has 0 spiro atoms. The zero-order chi connectivity index (χ0) is 11.5. The van der Waals surface area contributed by atoms with Gasteiger partial charge in [-0.25, -0.2) is 0 Å². The van der Waals surface area contributed by atoms with Gasteiger partial charge in [0.25, 0.3) is 0 Å². The molecule has 0 saturated heterocycles. The van der Waals surface area contributed by atoms with Gasteiger partial charge < -0.3 is 5.73 Å². The number of nitrogens with two attached hydrogens (primary N) is 1. The summed E-state index contributed by atoms with van der Waals surface area (Å²) in [6.45, 7) is 2.07. The summed E-state index contributed by atoms with van der Waals surface area (Å²) < 4.78 is 1.69. The predicted octanol–water partition coefficient (Wildman–Crippen LogP) is 1.37. The van der Waals surface area contributed by atoms with Gasteiger partial charge in [0.1, 0.15) is 0 Å². The second-order valence-corrected chi connectivity index (χ2v) is 4.10. The van der Waals surface area contributed by atoms with Gasteiger partial charge >= 0.3 is 0 Å². The van der Waals surface area contributed by atoms with Gasteiger partial charge in [0.2, 0.25) is 0 Å². The third kappa shape index (κ3) is 2.46. The van der Waals surface area contributed by atoms with Crippen LogP contribution in [0.15, 0.2) is 30.5 Å². The predicted molar refractivity (Wildman–Crippen MR) is 62.8 cm³/mol. The highest BCUT2D eigenvalue weighted by atomic mass is 15.4. The lowest BCUT2D eigenvalue weighted by Crippen LogP contribution is -2.13. The lowest BCUT2D eigenvalue weighted by molar-refractivity contribution is 0.694. The van der Waals surface area contributed by atoms with Gasteiger partial charge in [0.15, 0.2) is 0 Å². The van der Waals surface area contributed by atoms with Crippen molar-refractivity contribution in [2.45, 2.75) is 19.4 Å². The Morgan fingerprint density at radius 1 is 1.31 bits per heavy atom. The van der Waals surface area contributed by atoms with Gasteiger partial charge in [-0.1, -0.05) is 35.0 Å². The number of hydrogen-bond acceptors (Lipinski definition) is 3. The average Bonchev–Trinajstić information content (AvgIpc) is 2.65. The van der Waals surface area contributed by atoms with Crippen LogP contribution < -0.4 is 5.73 Å². The zero-order valence-corrected chi connectivity index (χ0v) is 9.59. The van der Waals surface area contributed by atoms with Gasteiger partial charge in [-0.2, -0.15) is 0 Å². The summed E-state index contributed by atoms with van der Waals surface area (Å²) in [5.41, 5.74) is 9.42. The van der Waals surface area contributed by atoms with Gasteiger partial charge in [0, 0.05) is 25.7 Å². The topological polar surface area (TPSA) is 56.7 Å². The highest BCUT2D eigenvalue weighted by Crippen LogP contribution is 2.15. The Bertz CT molecular complexity index is 458. The summed E-state index contributed by atoms with van der Waals surface area (Å²) in [6.07, 6.45) is 2.62. The molecule has 0 amide bonds. The van der Waals surface area contributed by atoms with Gasteiger partial charge in [0.05, 0.1) is 5.69 Å². The number of benzene rings is 1. The second-order valence-electron chi connectivity index (χ2n) is 4.10. The van der Waals surface area contributed by atoms with E-state index in [4.69, 9.17) is 5.73 Å². The van der Waals surface area contributed by atoms with Crippen LogP contribution in [-0.2, 0) is 13.5 Å². The number of rotatable bonds is 3. The van der Waals surface area contributed by atoms with Crippen LogP contribution in [0.1, 0.15) is 22.9 Å². The first kappa shape index (κ1) is 10.8. The molecular weight excluding hydrogens is 200 g/mol. The van der Waals surface area contributed by atoms with E-state index in [1.54, 1.807) is 4.68 Å². The molecule has 4 heteroatoms. The Labute approximate surface area is 95.1 Å². The van der Waals surface area contributed by atoms with Crippen molar-refractivity contribution in [1.29, 1.82) is 0 Å². The zero-order valence-electron chi connectivity index (χ0n) is 9.59. The fraction of sp³-hybridized carbons (Fsp3) is 0.333. The Morgan fingerprint density at radius 2 is 2.00 bits per heavy atom. The number of hydrogen-bond donors (Lipinski definition) is 1. The third-order valence-electron chi connectivity index (χ3n) is 2.58. The monoisotopic (exact) mass is 216 g/mol. The van der Waals surface area contributed by atoms with Crippen LogP contribution in [0, 0.1) is 6.92 Å². The van der Waals surface area contributed by atoms with E-state index in [1.807, 2.05) is 13.2 Å². The van der Waals surface area contributed by atoms with Gasteiger partial charge in [-0.15, -0.1) is 5.10 Å². The first-order valence-corrected chi connectivity index (χ1v) is 5.32. The van der Waals surface area contributed by atoms with Crippen LogP contribution in [0.4, 0.5) is 0 Å². The second kappa shape index (κ2) is 4.45. The summed E-state index contributed by atoms with van der Waals surface area (Å²) in [7, 11) is 1.86. The molecule has 16 heavy (non-hydrogen) atoms. The van der Waals surface area contributed by atoms with Crippen molar-refractivity contribution in [2.24, 2.45) is 12.8 Å². The summed E-state index contributed by atoms with van der Waals surface area (Å²) in [4.78, 5) is 0. The molecule has 0 aliphatic rings. The Hall–Kier alpha value is -1.68. The van der Waals surface area contributed by atoms with Crippen molar-refractivity contribution >= 4 is 0 Å². The fourth-order valence-electron chi connectivity index (χ4n) is 1.65. The molecule has 1 aromatic carbocycles. The molecule has 0 saturated carbocycles. The van der Waals surface area contributed by atoms with Crippen LogP contribution in [0.3, 0.4) is 0 Å². The van der Waals surface area contributed by atoms with Crippen LogP contribution in [0.25, 0.3) is 0 Å². The molecule has 1 heterocycles. The molecule has 0 bridgehead atoms. The standard InChI is InChI=1S/C12H16N4/c1-9-3-5-10(6-4-9)12(13)7-11-8-16(2)15-14-11/h3-6,8,12H,7,13H2,1-2H3. The van der Waals surface area contributed by atoms with E-state index >= 15 is 0 Å². The van der Waals surface area contributed by atoms with Crippen LogP contribution in [-0.4, -0.2) is 15.0 Å². The van der Waals surface area contributed by atoms with Crippen molar-refractivity contribution in [3.05, 3.63) is 47.3 Å². The minimum absolute atomic E-state index is 0.0164. The largest absolute Gasteiger partial charge is 0.324 e. The highest BCUT2D eigenvalue weighted by Gasteiger charge is 2.09. The number of aryl methyl sites for hydroxylation is 2. The minimum atomic E-state index is -0.0164. The Balaban J connectivity index is 2.08. The maximum Gasteiger partial charge on any atom is 0.0845 e. The molecule has 0 radical (unpaired) electrons. The number of aromatic nitrogens is 3. The SMILES string of the molecule is Cc1ccc(C(N)Cc2cn(C)nn2)cc1. The molecule has 2 rings (SSSR count). The van der Waals surface area contributed by atoms with Crippen molar-refractivity contribution < 1.29 is 0 Å². The van der Waals surface area contributed by atoms with Gasteiger partial charge in [-0.3, -0.25) is 4.68 Å². The maximum atomic E-state index is 6.11. The van der Waals surface area contributed by atoms with E-state index < -0.39 is 0 Å². The molecular formula is C12H16N4. The molecule has 1 aromatic heterocycles. The van der Waals surface area contributed by atoms with E-state index in [0.29, 0.717) is 0 Å². The summed E-state index contributed by atoms with van der Waals surface area (Å²) >= 11 is 0. The Morgan fingerprint density at radius 3 is 2.56 bits per heavy atom. The summed E-state index contributed by atoms with van der Waals surface area (Å²) in [5.74, 6) is 0. The first-order chi connectivity index (χ1) is 7.65. The normalized spacial score (nSPS) is 12.7. The van der Waals surface area contributed by atoms with Crippen molar-refractivity contribution in [2.75, 3.05) is 0 Å². The molecule has 2 N–H and O–H groups in total.